The summed E-state index contributed by atoms with van der Waals surface area (Å²) in [5.41, 5.74) is 5.11. The van der Waals surface area contributed by atoms with E-state index < -0.39 is 11.6 Å². The fraction of sp³-hybridized carbons (Fsp3) is 0. The van der Waals surface area contributed by atoms with Crippen molar-refractivity contribution < 1.29 is 13.5 Å². The summed E-state index contributed by atoms with van der Waals surface area (Å²) in [6.45, 7) is 0. The molecule has 1 aromatic heterocycles. The minimum Gasteiger partial charge on any atom is -0.453 e. The largest absolute Gasteiger partial charge is 0.453 e. The van der Waals surface area contributed by atoms with E-state index in [4.69, 9.17) is 22.1 Å². The molecule has 17 heavy (non-hydrogen) atoms. The van der Waals surface area contributed by atoms with E-state index in [1.807, 2.05) is 0 Å². The maximum Gasteiger partial charge on any atom is 0.168 e. The molecule has 0 bridgehead atoms. The molecule has 0 aliphatic rings. The molecular weight excluding hydrogens is 250 g/mol. The molecule has 2 rings (SSSR count). The molecule has 0 amide bonds. The van der Waals surface area contributed by atoms with Crippen molar-refractivity contribution in [2.75, 3.05) is 5.73 Å². The van der Waals surface area contributed by atoms with Gasteiger partial charge in [0.15, 0.2) is 11.6 Å². The average molecular weight is 257 g/mol. The van der Waals surface area contributed by atoms with Gasteiger partial charge in [-0.15, -0.1) is 0 Å². The van der Waals surface area contributed by atoms with Crippen LogP contribution >= 0.6 is 11.6 Å². The Kier molecular flexibility index (Phi) is 3.10. The van der Waals surface area contributed by atoms with E-state index >= 15 is 0 Å². The van der Waals surface area contributed by atoms with Crippen molar-refractivity contribution in [3.8, 4) is 11.5 Å². The van der Waals surface area contributed by atoms with E-state index in [2.05, 4.69) is 4.98 Å². The summed E-state index contributed by atoms with van der Waals surface area (Å²) in [7, 11) is 0. The van der Waals surface area contributed by atoms with Crippen molar-refractivity contribution in [1.29, 1.82) is 0 Å². The second-order valence-corrected chi connectivity index (χ2v) is 3.68. The van der Waals surface area contributed by atoms with Crippen LogP contribution in [0.4, 0.5) is 14.5 Å². The molecule has 2 aromatic rings. The number of hydrogen-bond acceptors (Lipinski definition) is 3. The summed E-state index contributed by atoms with van der Waals surface area (Å²) in [4.78, 5) is 3.77. The predicted molar refractivity (Wildman–Crippen MR) is 60.1 cm³/mol. The maximum atomic E-state index is 13.3. The lowest BCUT2D eigenvalue weighted by molar-refractivity contribution is 0.437. The highest BCUT2D eigenvalue weighted by Crippen LogP contribution is 2.28. The number of pyridine rings is 1. The smallest absolute Gasteiger partial charge is 0.168 e. The molecule has 0 unspecified atom stereocenters. The third kappa shape index (κ3) is 2.62. The van der Waals surface area contributed by atoms with Crippen molar-refractivity contribution in [2.45, 2.75) is 0 Å². The lowest BCUT2D eigenvalue weighted by atomic mass is 10.3. The van der Waals surface area contributed by atoms with Crippen LogP contribution in [0.3, 0.4) is 0 Å². The number of anilines is 1. The van der Waals surface area contributed by atoms with Gasteiger partial charge in [0.05, 0.1) is 16.9 Å². The van der Waals surface area contributed by atoms with E-state index in [0.717, 1.165) is 6.07 Å². The molecule has 0 aliphatic heterocycles. The van der Waals surface area contributed by atoms with Gasteiger partial charge in [-0.25, -0.2) is 8.78 Å². The van der Waals surface area contributed by atoms with E-state index in [9.17, 15) is 8.78 Å². The molecule has 0 fully saturated rings. The molecule has 0 atom stereocenters. The number of nitrogens with zero attached hydrogens (tertiary/aromatic N) is 1. The minimum absolute atomic E-state index is 0.187. The SMILES string of the molecule is Nc1cc(Oc2cncc(Cl)c2)c(F)cc1F. The van der Waals surface area contributed by atoms with E-state index in [0.29, 0.717) is 11.1 Å². The zero-order valence-electron chi connectivity index (χ0n) is 8.45. The molecule has 0 saturated heterocycles. The standard InChI is InChI=1S/C11H7ClF2N2O/c12-6-1-7(5-16-4-6)17-11-3-10(15)8(13)2-9(11)14/h1-5H,15H2. The van der Waals surface area contributed by atoms with Gasteiger partial charge in [0.2, 0.25) is 0 Å². The lowest BCUT2D eigenvalue weighted by Gasteiger charge is -2.07. The van der Waals surface area contributed by atoms with E-state index in [1.54, 1.807) is 0 Å². The minimum atomic E-state index is -0.850. The number of aromatic nitrogens is 1. The Hall–Kier alpha value is -1.88. The molecule has 6 heteroatoms. The Morgan fingerprint density at radius 2 is 1.88 bits per heavy atom. The van der Waals surface area contributed by atoms with Gasteiger partial charge in [-0.05, 0) is 0 Å². The molecule has 88 valence electrons. The van der Waals surface area contributed by atoms with Gasteiger partial charge in [0, 0.05) is 24.4 Å². The van der Waals surface area contributed by atoms with Gasteiger partial charge in [0.25, 0.3) is 0 Å². The summed E-state index contributed by atoms with van der Waals surface area (Å²) in [5.74, 6) is -1.63. The Bertz CT molecular complexity index is 563. The fourth-order valence-corrected chi connectivity index (χ4v) is 1.36. The number of benzene rings is 1. The second kappa shape index (κ2) is 4.55. The fourth-order valence-electron chi connectivity index (χ4n) is 1.20. The summed E-state index contributed by atoms with van der Waals surface area (Å²) < 4.78 is 31.4. The number of ether oxygens (including phenoxy) is 1. The topological polar surface area (TPSA) is 48.1 Å². The number of nitrogen functional groups attached to an aromatic ring is 1. The zero-order valence-corrected chi connectivity index (χ0v) is 9.21. The molecule has 0 aliphatic carbocycles. The Morgan fingerprint density at radius 3 is 2.59 bits per heavy atom. The summed E-state index contributed by atoms with van der Waals surface area (Å²) in [6, 6.07) is 3.17. The first kappa shape index (κ1) is 11.6. The summed E-state index contributed by atoms with van der Waals surface area (Å²) in [6.07, 6.45) is 2.76. The quantitative estimate of drug-likeness (QED) is 0.838. The van der Waals surface area contributed by atoms with Crippen molar-refractivity contribution in [2.24, 2.45) is 0 Å². The van der Waals surface area contributed by atoms with Crippen LogP contribution in [-0.2, 0) is 0 Å². The third-order valence-electron chi connectivity index (χ3n) is 1.96. The van der Waals surface area contributed by atoms with Crippen molar-refractivity contribution >= 4 is 17.3 Å². The lowest BCUT2D eigenvalue weighted by Crippen LogP contribution is -1.95. The van der Waals surface area contributed by atoms with Gasteiger partial charge in [-0.1, -0.05) is 11.6 Å². The number of halogens is 3. The highest BCUT2D eigenvalue weighted by Gasteiger charge is 2.10. The van der Waals surface area contributed by atoms with E-state index in [-0.39, 0.29) is 17.2 Å². The normalized spacial score (nSPS) is 10.3. The van der Waals surface area contributed by atoms with Crippen LogP contribution in [-0.4, -0.2) is 4.98 Å². The van der Waals surface area contributed by atoms with Crippen molar-refractivity contribution in [3.05, 3.63) is 47.2 Å². The van der Waals surface area contributed by atoms with Gasteiger partial charge in [-0.3, -0.25) is 4.98 Å². The number of hydrogen-bond donors (Lipinski definition) is 1. The highest BCUT2D eigenvalue weighted by atomic mass is 35.5. The monoisotopic (exact) mass is 256 g/mol. The molecule has 2 N–H and O–H groups in total. The van der Waals surface area contributed by atoms with Crippen LogP contribution < -0.4 is 10.5 Å². The zero-order chi connectivity index (χ0) is 12.4. The van der Waals surface area contributed by atoms with Crippen molar-refractivity contribution in [1.82, 2.24) is 4.98 Å². The summed E-state index contributed by atoms with van der Waals surface area (Å²) in [5, 5.41) is 0.345. The van der Waals surface area contributed by atoms with Crippen LogP contribution in [0.5, 0.6) is 11.5 Å². The first-order chi connectivity index (χ1) is 8.06. The molecular formula is C11H7ClF2N2O. The molecule has 1 aromatic carbocycles. The average Bonchev–Trinajstić information content (AvgIpc) is 2.26. The number of nitrogens with two attached hydrogens (primary N) is 1. The van der Waals surface area contributed by atoms with Crippen LogP contribution in [0.2, 0.25) is 5.02 Å². The van der Waals surface area contributed by atoms with Crippen LogP contribution in [0.25, 0.3) is 0 Å². The van der Waals surface area contributed by atoms with Gasteiger partial charge < -0.3 is 10.5 Å². The molecule has 1 heterocycles. The molecule has 0 spiro atoms. The summed E-state index contributed by atoms with van der Waals surface area (Å²) >= 11 is 5.69. The second-order valence-electron chi connectivity index (χ2n) is 3.25. The molecule has 3 nitrogen and oxygen atoms in total. The van der Waals surface area contributed by atoms with Crippen LogP contribution in [0, 0.1) is 11.6 Å². The predicted octanol–water partition coefficient (Wildman–Crippen LogP) is 3.39. The number of rotatable bonds is 2. The van der Waals surface area contributed by atoms with Gasteiger partial charge >= 0.3 is 0 Å². The van der Waals surface area contributed by atoms with Gasteiger partial charge in [-0.2, -0.15) is 0 Å². The Morgan fingerprint density at radius 1 is 1.12 bits per heavy atom. The van der Waals surface area contributed by atoms with Gasteiger partial charge in [0.1, 0.15) is 11.6 Å². The Balaban J connectivity index is 2.33. The Labute approximate surface area is 101 Å². The van der Waals surface area contributed by atoms with Crippen LogP contribution in [0.1, 0.15) is 0 Å². The maximum absolute atomic E-state index is 13.3. The van der Waals surface area contributed by atoms with Crippen molar-refractivity contribution in [3.63, 3.8) is 0 Å². The van der Waals surface area contributed by atoms with Crippen LogP contribution in [0.15, 0.2) is 30.6 Å². The first-order valence-corrected chi connectivity index (χ1v) is 4.97. The first-order valence-electron chi connectivity index (χ1n) is 4.59. The molecule has 0 radical (unpaired) electrons. The third-order valence-corrected chi connectivity index (χ3v) is 2.17. The molecule has 0 saturated carbocycles. The van der Waals surface area contributed by atoms with E-state index in [1.165, 1.54) is 18.5 Å². The highest BCUT2D eigenvalue weighted by molar-refractivity contribution is 6.30.